The van der Waals surface area contributed by atoms with Crippen molar-refractivity contribution in [1.82, 2.24) is 14.3 Å². The zero-order chi connectivity index (χ0) is 14.3. The minimum Gasteiger partial charge on any atom is -0.386 e. The molecule has 0 radical (unpaired) electrons. The van der Waals surface area contributed by atoms with E-state index in [1.54, 1.807) is 14.0 Å². The second-order valence-electron chi connectivity index (χ2n) is 4.64. The topological polar surface area (TPSA) is 93.4 Å². The normalized spacial score (nSPS) is 27.9. The third-order valence-electron chi connectivity index (χ3n) is 3.32. The first-order valence-corrected chi connectivity index (χ1v) is 7.63. The van der Waals surface area contributed by atoms with Crippen LogP contribution in [0.25, 0.3) is 0 Å². The number of ether oxygens (including phenoxy) is 1. The van der Waals surface area contributed by atoms with Crippen LogP contribution >= 0.6 is 11.6 Å². The van der Waals surface area contributed by atoms with Gasteiger partial charge in [-0.05, 0) is 6.92 Å². The number of hydrogen-bond donors (Lipinski definition) is 2. The van der Waals surface area contributed by atoms with Crippen LogP contribution < -0.4 is 4.72 Å². The molecule has 2 atom stereocenters. The molecule has 1 aromatic rings. The Balaban J connectivity index is 2.13. The van der Waals surface area contributed by atoms with Gasteiger partial charge in [0, 0.05) is 26.6 Å². The highest BCUT2D eigenvalue weighted by atomic mass is 35.5. The number of imidazole rings is 1. The van der Waals surface area contributed by atoms with E-state index in [4.69, 9.17) is 16.3 Å². The van der Waals surface area contributed by atoms with Crippen LogP contribution in [-0.4, -0.2) is 47.9 Å². The highest BCUT2D eigenvalue weighted by molar-refractivity contribution is 7.89. The van der Waals surface area contributed by atoms with Crippen molar-refractivity contribution in [2.75, 3.05) is 13.2 Å². The van der Waals surface area contributed by atoms with Gasteiger partial charge in [0.05, 0.1) is 12.4 Å². The van der Waals surface area contributed by atoms with E-state index in [1.807, 2.05) is 0 Å². The molecule has 2 rings (SSSR count). The first-order valence-electron chi connectivity index (χ1n) is 5.77. The van der Waals surface area contributed by atoms with Gasteiger partial charge in [-0.25, -0.2) is 18.1 Å². The summed E-state index contributed by atoms with van der Waals surface area (Å²) in [6.07, 6.45) is 1.27. The largest absolute Gasteiger partial charge is 0.386 e. The number of sulfonamides is 1. The molecule has 108 valence electrons. The summed E-state index contributed by atoms with van der Waals surface area (Å²) in [7, 11) is -2.26. The standard InChI is InChI=1S/C10H16ClN3O4S/c1-7-10(15,3-4-18-7)5-13-19(16,17)9-8(11)14(2)6-12-9/h6-7,13,15H,3-5H2,1-2H3. The van der Waals surface area contributed by atoms with Gasteiger partial charge in [-0.3, -0.25) is 0 Å². The van der Waals surface area contributed by atoms with Gasteiger partial charge in [0.1, 0.15) is 10.8 Å². The van der Waals surface area contributed by atoms with E-state index >= 15 is 0 Å². The van der Waals surface area contributed by atoms with Crippen LogP contribution in [0.15, 0.2) is 11.4 Å². The van der Waals surface area contributed by atoms with Crippen molar-refractivity contribution < 1.29 is 18.3 Å². The second-order valence-corrected chi connectivity index (χ2v) is 6.68. The molecule has 0 amide bonds. The molecule has 1 aliphatic heterocycles. The van der Waals surface area contributed by atoms with Crippen LogP contribution in [0.1, 0.15) is 13.3 Å². The molecule has 0 saturated carbocycles. The molecule has 2 unspecified atom stereocenters. The molecule has 2 heterocycles. The smallest absolute Gasteiger partial charge is 0.261 e. The maximum atomic E-state index is 12.0. The fraction of sp³-hybridized carbons (Fsp3) is 0.700. The molecule has 1 aliphatic rings. The van der Waals surface area contributed by atoms with Crippen molar-refractivity contribution in [3.05, 3.63) is 11.5 Å². The summed E-state index contributed by atoms with van der Waals surface area (Å²) < 4.78 is 33.1. The summed E-state index contributed by atoms with van der Waals surface area (Å²) in [5.41, 5.74) is -1.20. The SMILES string of the molecule is CC1OCCC1(O)CNS(=O)(=O)c1ncn(C)c1Cl. The molecule has 7 nitrogen and oxygen atoms in total. The lowest BCUT2D eigenvalue weighted by atomic mass is 9.97. The highest BCUT2D eigenvalue weighted by Crippen LogP contribution is 2.26. The Hall–Kier alpha value is -0.670. The molecule has 0 aliphatic carbocycles. The zero-order valence-corrected chi connectivity index (χ0v) is 12.2. The van der Waals surface area contributed by atoms with Crippen LogP contribution in [0, 0.1) is 0 Å². The lowest BCUT2D eigenvalue weighted by Gasteiger charge is -2.25. The number of halogens is 1. The van der Waals surface area contributed by atoms with Crippen molar-refractivity contribution in [2.45, 2.75) is 30.1 Å². The number of aromatic nitrogens is 2. The molecule has 0 aromatic carbocycles. The fourth-order valence-electron chi connectivity index (χ4n) is 1.87. The molecule has 1 fully saturated rings. The van der Waals surface area contributed by atoms with Gasteiger partial charge in [-0.2, -0.15) is 0 Å². The number of rotatable bonds is 4. The number of aliphatic hydroxyl groups is 1. The van der Waals surface area contributed by atoms with E-state index in [0.717, 1.165) is 0 Å². The van der Waals surface area contributed by atoms with Crippen LogP contribution in [0.4, 0.5) is 0 Å². The van der Waals surface area contributed by atoms with E-state index in [0.29, 0.717) is 13.0 Å². The summed E-state index contributed by atoms with van der Waals surface area (Å²) >= 11 is 5.85. The Morgan fingerprint density at radius 3 is 2.89 bits per heavy atom. The minimum atomic E-state index is -3.85. The first kappa shape index (κ1) is 14.7. The average molecular weight is 310 g/mol. The summed E-state index contributed by atoms with van der Waals surface area (Å²) in [4.78, 5) is 3.74. The van der Waals surface area contributed by atoms with Gasteiger partial charge in [-0.15, -0.1) is 0 Å². The van der Waals surface area contributed by atoms with Gasteiger partial charge in [0.25, 0.3) is 10.0 Å². The Bertz CT molecular complexity index is 573. The molecule has 1 aromatic heterocycles. The van der Waals surface area contributed by atoms with Crippen LogP contribution in [-0.2, 0) is 21.8 Å². The van der Waals surface area contributed by atoms with E-state index in [1.165, 1.54) is 10.9 Å². The number of aryl methyl sites for hydroxylation is 1. The third-order valence-corrected chi connectivity index (χ3v) is 5.21. The van der Waals surface area contributed by atoms with Crippen molar-refractivity contribution in [2.24, 2.45) is 7.05 Å². The predicted octanol–water partition coefficient (Wildman–Crippen LogP) is -0.108. The van der Waals surface area contributed by atoms with Gasteiger partial charge in [-0.1, -0.05) is 11.6 Å². The fourth-order valence-corrected chi connectivity index (χ4v) is 3.39. The monoisotopic (exact) mass is 309 g/mol. The van der Waals surface area contributed by atoms with Crippen LogP contribution in [0.2, 0.25) is 5.15 Å². The maximum Gasteiger partial charge on any atom is 0.261 e. The second kappa shape index (κ2) is 5.02. The first-order chi connectivity index (χ1) is 8.76. The number of nitrogens with zero attached hydrogens (tertiary/aromatic N) is 2. The molecule has 0 bridgehead atoms. The molecule has 1 saturated heterocycles. The van der Waals surface area contributed by atoms with Gasteiger partial charge in [0.15, 0.2) is 0 Å². The molecular weight excluding hydrogens is 294 g/mol. The van der Waals surface area contributed by atoms with Gasteiger partial charge < -0.3 is 14.4 Å². The average Bonchev–Trinajstić information content (AvgIpc) is 2.84. The summed E-state index contributed by atoms with van der Waals surface area (Å²) in [6.45, 7) is 1.97. The third kappa shape index (κ3) is 2.77. The Kier molecular flexibility index (Phi) is 3.90. The van der Waals surface area contributed by atoms with Gasteiger partial charge in [0.2, 0.25) is 5.03 Å². The molecule has 0 spiro atoms. The Morgan fingerprint density at radius 2 is 2.42 bits per heavy atom. The molecular formula is C10H16ClN3O4S. The minimum absolute atomic E-state index is 0.0233. The quantitative estimate of drug-likeness (QED) is 0.809. The Labute approximate surface area is 116 Å². The maximum absolute atomic E-state index is 12.0. The van der Waals surface area contributed by atoms with Crippen molar-refractivity contribution in [3.63, 3.8) is 0 Å². The van der Waals surface area contributed by atoms with Crippen LogP contribution in [0.3, 0.4) is 0 Å². The lowest BCUT2D eigenvalue weighted by molar-refractivity contribution is -0.0228. The highest BCUT2D eigenvalue weighted by Gasteiger charge is 2.40. The van der Waals surface area contributed by atoms with E-state index in [2.05, 4.69) is 9.71 Å². The summed E-state index contributed by atoms with van der Waals surface area (Å²) in [5, 5.41) is 10.0. The summed E-state index contributed by atoms with van der Waals surface area (Å²) in [6, 6.07) is 0. The number of hydrogen-bond acceptors (Lipinski definition) is 5. The number of nitrogens with one attached hydrogen (secondary N) is 1. The van der Waals surface area contributed by atoms with Crippen molar-refractivity contribution >= 4 is 21.6 Å². The van der Waals surface area contributed by atoms with E-state index in [-0.39, 0.29) is 16.7 Å². The van der Waals surface area contributed by atoms with E-state index in [9.17, 15) is 13.5 Å². The van der Waals surface area contributed by atoms with E-state index < -0.39 is 21.7 Å². The molecule has 2 N–H and O–H groups in total. The molecule has 19 heavy (non-hydrogen) atoms. The lowest BCUT2D eigenvalue weighted by Crippen LogP contribution is -2.47. The van der Waals surface area contributed by atoms with Gasteiger partial charge >= 0.3 is 0 Å². The van der Waals surface area contributed by atoms with Crippen molar-refractivity contribution in [3.8, 4) is 0 Å². The Morgan fingerprint density at radius 1 is 1.74 bits per heavy atom. The van der Waals surface area contributed by atoms with Crippen molar-refractivity contribution in [1.29, 1.82) is 0 Å². The summed E-state index contributed by atoms with van der Waals surface area (Å²) in [5.74, 6) is 0. The zero-order valence-electron chi connectivity index (χ0n) is 10.6. The predicted molar refractivity (Wildman–Crippen MR) is 68.4 cm³/mol. The molecule has 9 heteroatoms. The van der Waals surface area contributed by atoms with Crippen LogP contribution in [0.5, 0.6) is 0 Å².